The molecule has 0 aliphatic carbocycles. The molecule has 0 aliphatic rings. The SMILES string of the molecule is CC(P(=O)(O)O)P(=O)(O)Oc1ccccn1. The predicted molar refractivity (Wildman–Crippen MR) is 56.2 cm³/mol. The third kappa shape index (κ3) is 3.40. The average Bonchev–Trinajstić information content (AvgIpc) is 2.16. The van der Waals surface area contributed by atoms with E-state index in [1.165, 1.54) is 18.3 Å². The van der Waals surface area contributed by atoms with Crippen molar-refractivity contribution in [3.05, 3.63) is 24.4 Å². The first-order valence-electron chi connectivity index (χ1n) is 4.22. The van der Waals surface area contributed by atoms with Crippen LogP contribution < -0.4 is 4.52 Å². The lowest BCUT2D eigenvalue weighted by Crippen LogP contribution is -2.09. The van der Waals surface area contributed by atoms with E-state index >= 15 is 0 Å². The van der Waals surface area contributed by atoms with Crippen LogP contribution in [0.4, 0.5) is 0 Å². The summed E-state index contributed by atoms with van der Waals surface area (Å²) in [6.07, 6.45) is 1.33. The molecule has 0 aromatic carbocycles. The minimum atomic E-state index is -4.68. The quantitative estimate of drug-likeness (QED) is 0.701. The first-order chi connectivity index (χ1) is 7.23. The summed E-state index contributed by atoms with van der Waals surface area (Å²) in [5, 5.41) is -1.79. The minimum Gasteiger partial charge on any atom is -0.405 e. The molecule has 16 heavy (non-hydrogen) atoms. The molecule has 0 saturated carbocycles. The molecule has 0 saturated heterocycles. The van der Waals surface area contributed by atoms with Crippen molar-refractivity contribution in [2.75, 3.05) is 0 Å². The Morgan fingerprint density at radius 3 is 2.38 bits per heavy atom. The molecule has 3 N–H and O–H groups in total. The topological polar surface area (TPSA) is 117 Å². The van der Waals surface area contributed by atoms with Crippen LogP contribution in [0.5, 0.6) is 5.88 Å². The van der Waals surface area contributed by atoms with E-state index in [4.69, 9.17) is 9.79 Å². The monoisotopic (exact) mass is 267 g/mol. The minimum absolute atomic E-state index is 0.159. The molecule has 90 valence electrons. The van der Waals surface area contributed by atoms with E-state index in [2.05, 4.69) is 9.51 Å². The van der Waals surface area contributed by atoms with Crippen LogP contribution in [0.2, 0.25) is 0 Å². The van der Waals surface area contributed by atoms with Crippen molar-refractivity contribution in [2.24, 2.45) is 0 Å². The average molecular weight is 267 g/mol. The van der Waals surface area contributed by atoms with Crippen LogP contribution in [0.15, 0.2) is 24.4 Å². The van der Waals surface area contributed by atoms with E-state index < -0.39 is 20.6 Å². The van der Waals surface area contributed by atoms with Gasteiger partial charge in [-0.25, -0.2) is 9.55 Å². The van der Waals surface area contributed by atoms with Gasteiger partial charge in [0.2, 0.25) is 5.88 Å². The van der Waals surface area contributed by atoms with Crippen molar-refractivity contribution in [1.82, 2.24) is 4.98 Å². The normalized spacial score (nSPS) is 17.5. The highest BCUT2D eigenvalue weighted by Gasteiger charge is 2.43. The zero-order valence-corrected chi connectivity index (χ0v) is 10.1. The molecule has 1 aromatic rings. The van der Waals surface area contributed by atoms with E-state index in [9.17, 15) is 14.0 Å². The molecule has 7 nitrogen and oxygen atoms in total. The number of nitrogens with zero attached hydrogens (tertiary/aromatic N) is 1. The summed E-state index contributed by atoms with van der Waals surface area (Å²) < 4.78 is 27.0. The fraction of sp³-hybridized carbons (Fsp3) is 0.286. The zero-order chi connectivity index (χ0) is 12.4. The summed E-state index contributed by atoms with van der Waals surface area (Å²) in [7, 11) is -9.13. The fourth-order valence-electron chi connectivity index (χ4n) is 0.801. The number of rotatable bonds is 4. The molecule has 2 atom stereocenters. The molecule has 0 fully saturated rings. The van der Waals surface area contributed by atoms with Crippen molar-refractivity contribution in [3.63, 3.8) is 0 Å². The molecule has 0 amide bonds. The Bertz CT molecular complexity index is 443. The number of hydrogen-bond acceptors (Lipinski definition) is 4. The number of aromatic nitrogens is 1. The highest BCUT2D eigenvalue weighted by atomic mass is 31.2. The molecular formula is C7H11NO6P2. The van der Waals surface area contributed by atoms with Gasteiger partial charge in [0.05, 0.1) is 0 Å². The largest absolute Gasteiger partial charge is 0.405 e. The lowest BCUT2D eigenvalue weighted by atomic mass is 10.5. The summed E-state index contributed by atoms with van der Waals surface area (Å²) in [6.45, 7) is 0.949. The Balaban J connectivity index is 2.89. The second-order valence-corrected chi connectivity index (χ2v) is 7.49. The zero-order valence-electron chi connectivity index (χ0n) is 8.29. The van der Waals surface area contributed by atoms with Crippen LogP contribution in [0.1, 0.15) is 6.92 Å². The first-order valence-corrected chi connectivity index (χ1v) is 7.54. The predicted octanol–water partition coefficient (Wildman–Crippen LogP) is 1.17. The van der Waals surface area contributed by atoms with Crippen molar-refractivity contribution >= 4 is 15.2 Å². The Morgan fingerprint density at radius 2 is 1.94 bits per heavy atom. The van der Waals surface area contributed by atoms with Gasteiger partial charge < -0.3 is 19.2 Å². The molecule has 0 radical (unpaired) electrons. The van der Waals surface area contributed by atoms with E-state index in [1.54, 1.807) is 6.07 Å². The van der Waals surface area contributed by atoms with Gasteiger partial charge in [0.15, 0.2) is 5.40 Å². The van der Waals surface area contributed by atoms with Crippen LogP contribution in [0.3, 0.4) is 0 Å². The summed E-state index contributed by atoms with van der Waals surface area (Å²) >= 11 is 0. The molecule has 2 unspecified atom stereocenters. The fourth-order valence-corrected chi connectivity index (χ4v) is 2.99. The summed E-state index contributed by atoms with van der Waals surface area (Å²) in [4.78, 5) is 30.6. The molecule has 1 heterocycles. The standard InChI is InChI=1S/C7H11NO6P2/c1-6(15(9,10)11)16(12,13)14-7-4-2-3-5-8-7/h2-6H,1H3,(H,12,13)(H2,9,10,11). The molecule has 1 rings (SSSR count). The van der Waals surface area contributed by atoms with Gasteiger partial charge >= 0.3 is 15.2 Å². The van der Waals surface area contributed by atoms with Crippen molar-refractivity contribution in [3.8, 4) is 5.88 Å². The van der Waals surface area contributed by atoms with Gasteiger partial charge in [-0.1, -0.05) is 6.07 Å². The van der Waals surface area contributed by atoms with Gasteiger partial charge in [0.25, 0.3) is 0 Å². The highest BCUT2D eigenvalue weighted by molar-refractivity contribution is 7.71. The van der Waals surface area contributed by atoms with Gasteiger partial charge in [0, 0.05) is 12.3 Å². The smallest absolute Gasteiger partial charge is 0.392 e. The van der Waals surface area contributed by atoms with Crippen molar-refractivity contribution in [2.45, 2.75) is 12.3 Å². The molecular weight excluding hydrogens is 256 g/mol. The molecule has 1 aromatic heterocycles. The summed E-state index contributed by atoms with van der Waals surface area (Å²) in [5.74, 6) is -0.159. The molecule has 0 aliphatic heterocycles. The van der Waals surface area contributed by atoms with Gasteiger partial charge in [0.1, 0.15) is 0 Å². The lowest BCUT2D eigenvalue weighted by molar-refractivity contribution is 0.343. The van der Waals surface area contributed by atoms with Crippen LogP contribution >= 0.6 is 15.2 Å². The maximum absolute atomic E-state index is 11.5. The Hall–Kier alpha value is -0.710. The van der Waals surface area contributed by atoms with Crippen LogP contribution in [-0.4, -0.2) is 25.1 Å². The lowest BCUT2D eigenvalue weighted by Gasteiger charge is -2.19. The number of hydrogen-bond donors (Lipinski definition) is 3. The maximum Gasteiger partial charge on any atom is 0.392 e. The van der Waals surface area contributed by atoms with Crippen LogP contribution in [0.25, 0.3) is 0 Å². The van der Waals surface area contributed by atoms with Gasteiger partial charge in [-0.3, -0.25) is 4.57 Å². The Morgan fingerprint density at radius 1 is 1.31 bits per heavy atom. The number of pyridine rings is 1. The molecule has 0 spiro atoms. The second kappa shape index (κ2) is 4.65. The second-order valence-electron chi connectivity index (χ2n) is 3.04. The summed E-state index contributed by atoms with van der Waals surface area (Å²) in [6, 6.07) is 4.40. The Labute approximate surface area is 91.8 Å². The van der Waals surface area contributed by atoms with Crippen molar-refractivity contribution in [1.29, 1.82) is 0 Å². The van der Waals surface area contributed by atoms with Crippen LogP contribution in [0, 0.1) is 0 Å². The van der Waals surface area contributed by atoms with E-state index in [1.807, 2.05) is 0 Å². The molecule has 9 heteroatoms. The third-order valence-corrected chi connectivity index (χ3v) is 5.97. The van der Waals surface area contributed by atoms with Crippen LogP contribution in [-0.2, 0) is 9.13 Å². The Kier molecular flexibility index (Phi) is 3.88. The first kappa shape index (κ1) is 13.4. The summed E-state index contributed by atoms with van der Waals surface area (Å²) in [5.41, 5.74) is 0. The van der Waals surface area contributed by atoms with E-state index in [0.29, 0.717) is 0 Å². The van der Waals surface area contributed by atoms with Gasteiger partial charge in [-0.05, 0) is 13.0 Å². The highest BCUT2D eigenvalue weighted by Crippen LogP contribution is 2.61. The van der Waals surface area contributed by atoms with E-state index in [0.717, 1.165) is 6.92 Å². The van der Waals surface area contributed by atoms with E-state index in [-0.39, 0.29) is 5.88 Å². The maximum atomic E-state index is 11.5. The van der Waals surface area contributed by atoms with Gasteiger partial charge in [-0.2, -0.15) is 0 Å². The third-order valence-electron chi connectivity index (χ3n) is 1.82. The van der Waals surface area contributed by atoms with Crippen molar-refractivity contribution < 1.29 is 28.3 Å². The van der Waals surface area contributed by atoms with Gasteiger partial charge in [-0.15, -0.1) is 0 Å². The molecule has 0 bridgehead atoms.